The van der Waals surface area contributed by atoms with Crippen LogP contribution in [0.4, 0.5) is 16.3 Å². The fourth-order valence-corrected chi connectivity index (χ4v) is 3.69. The van der Waals surface area contributed by atoms with E-state index in [2.05, 4.69) is 15.4 Å². The Morgan fingerprint density at radius 2 is 2.00 bits per heavy atom. The number of nitrogen functional groups attached to an aromatic ring is 1. The highest BCUT2D eigenvalue weighted by Crippen LogP contribution is 2.26. The predicted molar refractivity (Wildman–Crippen MR) is 142 cm³/mol. The third kappa shape index (κ3) is 7.01. The lowest BCUT2D eigenvalue weighted by atomic mass is 10.1. The van der Waals surface area contributed by atoms with Crippen molar-refractivity contribution in [2.75, 3.05) is 24.8 Å². The average Bonchev–Trinajstić information content (AvgIpc) is 3.24. The first kappa shape index (κ1) is 28.5. The number of nitrogens with two attached hydrogens (primary N) is 1. The number of aliphatic hydroxyl groups is 1. The summed E-state index contributed by atoms with van der Waals surface area (Å²) in [4.78, 5) is 18.2. The van der Waals surface area contributed by atoms with E-state index in [0.29, 0.717) is 35.1 Å². The van der Waals surface area contributed by atoms with E-state index in [1.54, 1.807) is 47.1 Å². The van der Waals surface area contributed by atoms with Gasteiger partial charge in [0.05, 0.1) is 37.3 Å². The largest absolute Gasteiger partial charge is 0.495 e. The number of methoxy groups -OCH3 is 1. The summed E-state index contributed by atoms with van der Waals surface area (Å²) in [6.07, 6.45) is -0.489. The predicted octanol–water partition coefficient (Wildman–Crippen LogP) is 3.92. The zero-order valence-corrected chi connectivity index (χ0v) is 22.9. The Kier molecular flexibility index (Phi) is 8.85. The van der Waals surface area contributed by atoms with Crippen LogP contribution in [0.1, 0.15) is 52.0 Å². The second-order valence-electron chi connectivity index (χ2n) is 9.76. The van der Waals surface area contributed by atoms with Gasteiger partial charge in [0.15, 0.2) is 5.65 Å². The second-order valence-corrected chi connectivity index (χ2v) is 10.1. The fraction of sp³-hybridized carbons (Fsp3) is 0.480. The van der Waals surface area contributed by atoms with Crippen LogP contribution in [0.15, 0.2) is 30.5 Å². The van der Waals surface area contributed by atoms with Gasteiger partial charge in [-0.05, 0) is 52.3 Å². The van der Waals surface area contributed by atoms with E-state index in [4.69, 9.17) is 31.5 Å². The molecule has 0 aliphatic carbocycles. The molecule has 2 unspecified atom stereocenters. The summed E-state index contributed by atoms with van der Waals surface area (Å²) in [7, 11) is 3.11. The van der Waals surface area contributed by atoms with Gasteiger partial charge in [-0.1, -0.05) is 17.7 Å². The van der Waals surface area contributed by atoms with Crippen LogP contribution in [0.2, 0.25) is 5.15 Å². The molecule has 11 nitrogen and oxygen atoms in total. The zero-order chi connectivity index (χ0) is 27.5. The maximum atomic E-state index is 12.6. The number of hydrogen-bond donors (Lipinski definition) is 3. The lowest BCUT2D eigenvalue weighted by molar-refractivity contribution is 0.0114. The summed E-state index contributed by atoms with van der Waals surface area (Å²) in [6, 6.07) is 6.73. The van der Waals surface area contributed by atoms with Gasteiger partial charge in [-0.25, -0.2) is 9.78 Å². The topological polar surface area (TPSA) is 136 Å². The Morgan fingerprint density at radius 3 is 2.62 bits per heavy atom. The zero-order valence-electron chi connectivity index (χ0n) is 22.2. The summed E-state index contributed by atoms with van der Waals surface area (Å²) >= 11 is 6.26. The summed E-state index contributed by atoms with van der Waals surface area (Å²) in [5.74, 6) is 0.948. The Hall–Kier alpha value is -3.12. The van der Waals surface area contributed by atoms with E-state index in [1.165, 1.54) is 21.7 Å². The van der Waals surface area contributed by atoms with E-state index < -0.39 is 17.9 Å². The number of fused-ring (bicyclic) bond motifs is 1. The summed E-state index contributed by atoms with van der Waals surface area (Å²) in [5, 5.41) is 18.5. The number of amides is 1. The molecule has 3 aromatic rings. The van der Waals surface area contributed by atoms with Crippen LogP contribution in [0.25, 0.3) is 5.65 Å². The van der Waals surface area contributed by atoms with E-state index in [-0.39, 0.29) is 17.3 Å². The van der Waals surface area contributed by atoms with Gasteiger partial charge in [0, 0.05) is 19.2 Å². The molecule has 3 rings (SSSR count). The normalized spacial score (nSPS) is 14.3. The number of carbonyl (C=O) groups is 1. The number of anilines is 2. The van der Waals surface area contributed by atoms with Crippen LogP contribution in [-0.4, -0.2) is 57.7 Å². The Morgan fingerprint density at radius 1 is 1.30 bits per heavy atom. The number of ether oxygens (including phenoxy) is 3. The van der Waals surface area contributed by atoms with Gasteiger partial charge in [-0.15, -0.1) is 0 Å². The van der Waals surface area contributed by atoms with Crippen LogP contribution in [0, 0.1) is 0 Å². The highest BCUT2D eigenvalue weighted by atomic mass is 35.5. The van der Waals surface area contributed by atoms with Crippen molar-refractivity contribution < 1.29 is 24.1 Å². The molecular formula is C25H35ClN6O5. The number of nitrogens with zero attached hydrogens (tertiary/aromatic N) is 4. The van der Waals surface area contributed by atoms with Crippen molar-refractivity contribution in [3.63, 3.8) is 0 Å². The minimum absolute atomic E-state index is 0.135. The first-order chi connectivity index (χ1) is 17.3. The van der Waals surface area contributed by atoms with E-state index in [9.17, 15) is 9.90 Å². The number of carbonyl (C=O) groups excluding carboxylic acids is 1. The summed E-state index contributed by atoms with van der Waals surface area (Å²) in [6.45, 7) is 9.47. The number of rotatable bonds is 9. The quantitative estimate of drug-likeness (QED) is 0.212. The lowest BCUT2D eigenvalue weighted by Gasteiger charge is -2.25. The summed E-state index contributed by atoms with van der Waals surface area (Å²) in [5.41, 5.74) is 7.42. The molecule has 4 N–H and O–H groups in total. The molecule has 0 saturated heterocycles. The lowest BCUT2D eigenvalue weighted by Crippen LogP contribution is -2.39. The van der Waals surface area contributed by atoms with Gasteiger partial charge in [0.1, 0.15) is 28.5 Å². The number of benzene rings is 1. The molecule has 0 radical (unpaired) electrons. The summed E-state index contributed by atoms with van der Waals surface area (Å²) < 4.78 is 18.0. The molecule has 2 heterocycles. The molecule has 0 saturated carbocycles. The van der Waals surface area contributed by atoms with Crippen molar-refractivity contribution in [2.45, 2.75) is 65.2 Å². The Labute approximate surface area is 221 Å². The average molecular weight is 535 g/mol. The molecule has 0 spiro atoms. The van der Waals surface area contributed by atoms with Crippen LogP contribution in [0.3, 0.4) is 0 Å². The molecule has 3 atom stereocenters. The van der Waals surface area contributed by atoms with Gasteiger partial charge >= 0.3 is 6.09 Å². The third-order valence-electron chi connectivity index (χ3n) is 5.69. The molecule has 0 bridgehead atoms. The highest BCUT2D eigenvalue weighted by Gasteiger charge is 2.26. The molecule has 202 valence electrons. The minimum atomic E-state index is -1.12. The van der Waals surface area contributed by atoms with Crippen molar-refractivity contribution in [2.24, 2.45) is 0 Å². The van der Waals surface area contributed by atoms with Crippen molar-refractivity contribution in [1.82, 2.24) is 19.9 Å². The number of nitrogens with one attached hydrogen (secondary N) is 1. The van der Waals surface area contributed by atoms with Crippen LogP contribution >= 0.6 is 11.6 Å². The first-order valence-electron chi connectivity index (χ1n) is 11.8. The van der Waals surface area contributed by atoms with E-state index in [1.807, 2.05) is 19.9 Å². The molecule has 1 aromatic carbocycles. The Bertz CT molecular complexity index is 1240. The van der Waals surface area contributed by atoms with Crippen LogP contribution in [0.5, 0.6) is 5.75 Å². The number of aromatic nitrogens is 3. The third-order valence-corrected chi connectivity index (χ3v) is 5.88. The van der Waals surface area contributed by atoms with Gasteiger partial charge in [-0.2, -0.15) is 9.61 Å². The standard InChI is InChI=1S/C25H35ClN6O5/c1-14(15(2)36-13-16-8-9-19(35-7)18(27)10-16)29-23(33)17-12-28-32-21(11-20(26)30-22(17)32)31(6)24(34)37-25(3,4)5/h8-12,14-15,23,29,33H,13,27H2,1-7H3/t14-,15?,23?/m1/s1. The smallest absolute Gasteiger partial charge is 0.415 e. The number of hydrogen-bond acceptors (Lipinski definition) is 9. The van der Waals surface area contributed by atoms with Gasteiger partial charge < -0.3 is 25.1 Å². The van der Waals surface area contributed by atoms with Gasteiger partial charge in [0.25, 0.3) is 0 Å². The molecule has 0 fully saturated rings. The molecule has 12 heteroatoms. The highest BCUT2D eigenvalue weighted by molar-refractivity contribution is 6.29. The molecule has 2 aromatic heterocycles. The second kappa shape index (κ2) is 11.5. The van der Waals surface area contributed by atoms with Crippen LogP contribution < -0.4 is 20.7 Å². The van der Waals surface area contributed by atoms with Crippen molar-refractivity contribution >= 4 is 34.8 Å². The monoisotopic (exact) mass is 534 g/mol. The molecule has 37 heavy (non-hydrogen) atoms. The van der Waals surface area contributed by atoms with E-state index in [0.717, 1.165) is 5.56 Å². The van der Waals surface area contributed by atoms with Crippen molar-refractivity contribution in [1.29, 1.82) is 0 Å². The minimum Gasteiger partial charge on any atom is -0.495 e. The fourth-order valence-electron chi connectivity index (χ4n) is 3.51. The molecular weight excluding hydrogens is 500 g/mol. The number of aliphatic hydroxyl groups excluding tert-OH is 1. The molecule has 1 amide bonds. The number of halogens is 1. The molecule has 0 aliphatic heterocycles. The first-order valence-corrected chi connectivity index (χ1v) is 12.2. The van der Waals surface area contributed by atoms with Crippen molar-refractivity contribution in [3.8, 4) is 5.75 Å². The Balaban J connectivity index is 1.71. The maximum Gasteiger partial charge on any atom is 0.415 e. The van der Waals surface area contributed by atoms with E-state index >= 15 is 0 Å². The SMILES string of the molecule is COc1ccc(COC(C)[C@@H](C)NC(O)c2cnn3c(N(C)C(=O)OC(C)(C)C)cc(Cl)nc23)cc1N. The van der Waals surface area contributed by atoms with Gasteiger partial charge in [0.2, 0.25) is 0 Å². The van der Waals surface area contributed by atoms with Crippen LogP contribution in [-0.2, 0) is 16.1 Å². The molecule has 0 aliphatic rings. The maximum absolute atomic E-state index is 12.6. The van der Waals surface area contributed by atoms with Gasteiger partial charge in [-0.3, -0.25) is 10.2 Å². The van der Waals surface area contributed by atoms with Crippen molar-refractivity contribution in [3.05, 3.63) is 46.7 Å².